The van der Waals surface area contributed by atoms with Crippen LogP contribution in [0.3, 0.4) is 0 Å². The Bertz CT molecular complexity index is 1470. The highest BCUT2D eigenvalue weighted by atomic mass is 32.1. The van der Waals surface area contributed by atoms with E-state index >= 15 is 0 Å². The molecule has 13 heteroatoms. The fraction of sp³-hybridized carbons (Fsp3) is 0.683. The van der Waals surface area contributed by atoms with Crippen LogP contribution in [0.1, 0.15) is 90.8 Å². The molecule has 302 valence electrons. The molecule has 0 spiro atoms. The van der Waals surface area contributed by atoms with Crippen LogP contribution in [-0.2, 0) is 30.3 Å². The Morgan fingerprint density at radius 2 is 1.67 bits per heavy atom. The number of carbonyl (C=O) groups is 4. The van der Waals surface area contributed by atoms with Crippen molar-refractivity contribution >= 4 is 35.0 Å². The molecule has 1 fully saturated rings. The maximum Gasteiger partial charge on any atom is 0.245 e. The lowest BCUT2D eigenvalue weighted by atomic mass is 9.89. The summed E-state index contributed by atoms with van der Waals surface area (Å²) in [5.74, 6) is -1.87. The molecule has 1 aliphatic heterocycles. The van der Waals surface area contributed by atoms with Crippen molar-refractivity contribution in [2.45, 2.75) is 123 Å². The number of methoxy groups -OCH3 is 1. The minimum atomic E-state index is -1.16. The summed E-state index contributed by atoms with van der Waals surface area (Å²) in [6.07, 6.45) is 2.45. The first kappa shape index (κ1) is 45.0. The molecule has 0 radical (unpaired) electrons. The fourth-order valence-electron chi connectivity index (χ4n) is 7.98. The molecular formula is C41H66N6O6S. The first-order chi connectivity index (χ1) is 25.5. The summed E-state index contributed by atoms with van der Waals surface area (Å²) in [7, 11) is 6.91. The van der Waals surface area contributed by atoms with Crippen molar-refractivity contribution in [2.24, 2.45) is 23.7 Å². The topological polar surface area (TPSA) is 144 Å². The summed E-state index contributed by atoms with van der Waals surface area (Å²) in [5.41, 5.74) is 1.08. The van der Waals surface area contributed by atoms with Crippen LogP contribution in [0, 0.1) is 23.7 Å². The zero-order valence-electron chi connectivity index (χ0n) is 34.3. The maximum absolute atomic E-state index is 14.1. The largest absolute Gasteiger partial charge is 0.390 e. The van der Waals surface area contributed by atoms with Gasteiger partial charge in [-0.15, -0.1) is 11.3 Å². The smallest absolute Gasteiger partial charge is 0.245 e. The average Bonchev–Trinajstić information content (AvgIpc) is 3.84. The molecule has 1 saturated heterocycles. The summed E-state index contributed by atoms with van der Waals surface area (Å²) in [6.45, 7) is 14.0. The molecule has 12 nitrogen and oxygen atoms in total. The fourth-order valence-corrected chi connectivity index (χ4v) is 8.67. The standard InChI is InChI=1S/C41H66N6O6S/c1-12-27(6)36(46(10)41(52)34(25(2)3)44-39(51)35(26(4)5)45(8)9)32(48)24-33(49)47-21-16-19-31(47)37(53-11)28(7)38(50)43-30(40-42-20-22-54-40)23-29-17-14-13-15-18-29/h13-15,17-18,20,22,25-28,30-32,34-37,48H,12,16,19,21,23-24H2,1-11H3,(H,43,50)(H,44,51)/t27-,28+,30-,31-,32+,34-,35-,36-,37+/m0/s1. The molecule has 2 heterocycles. The zero-order valence-corrected chi connectivity index (χ0v) is 35.1. The second-order valence-corrected chi connectivity index (χ2v) is 16.8. The van der Waals surface area contributed by atoms with Gasteiger partial charge in [-0.1, -0.05) is 85.2 Å². The van der Waals surface area contributed by atoms with Crippen LogP contribution >= 0.6 is 11.3 Å². The first-order valence-electron chi connectivity index (χ1n) is 19.5. The van der Waals surface area contributed by atoms with Crippen LogP contribution in [0.4, 0.5) is 0 Å². The highest BCUT2D eigenvalue weighted by Crippen LogP contribution is 2.30. The van der Waals surface area contributed by atoms with Crippen molar-refractivity contribution in [3.63, 3.8) is 0 Å². The molecule has 0 unspecified atom stereocenters. The Labute approximate surface area is 327 Å². The molecule has 3 rings (SSSR count). The molecule has 9 atom stereocenters. The number of amides is 4. The summed E-state index contributed by atoms with van der Waals surface area (Å²) < 4.78 is 5.97. The lowest BCUT2D eigenvalue weighted by Gasteiger charge is -2.40. The Morgan fingerprint density at radius 3 is 2.20 bits per heavy atom. The third kappa shape index (κ3) is 11.6. The van der Waals surface area contributed by atoms with Crippen molar-refractivity contribution in [1.29, 1.82) is 0 Å². The zero-order chi connectivity index (χ0) is 40.3. The van der Waals surface area contributed by atoms with Crippen molar-refractivity contribution in [3.05, 3.63) is 52.5 Å². The van der Waals surface area contributed by atoms with Gasteiger partial charge in [-0.2, -0.15) is 0 Å². The number of thiazole rings is 1. The Morgan fingerprint density at radius 1 is 1.00 bits per heavy atom. The number of ether oxygens (including phenoxy) is 1. The number of hydrogen-bond donors (Lipinski definition) is 3. The number of carbonyl (C=O) groups excluding carboxylic acids is 4. The van der Waals surface area contributed by atoms with E-state index in [0.717, 1.165) is 17.0 Å². The van der Waals surface area contributed by atoms with E-state index in [9.17, 15) is 24.3 Å². The number of rotatable bonds is 20. The number of nitrogens with one attached hydrogen (secondary N) is 2. The van der Waals surface area contributed by atoms with Crippen molar-refractivity contribution < 1.29 is 29.0 Å². The summed E-state index contributed by atoms with van der Waals surface area (Å²) in [6, 6.07) is 7.39. The van der Waals surface area contributed by atoms with Gasteiger partial charge in [-0.25, -0.2) is 4.98 Å². The van der Waals surface area contributed by atoms with Gasteiger partial charge in [0.15, 0.2) is 0 Å². The molecule has 54 heavy (non-hydrogen) atoms. The average molecular weight is 771 g/mol. The van der Waals surface area contributed by atoms with E-state index in [0.29, 0.717) is 25.8 Å². The normalized spacial score (nSPS) is 19.2. The Balaban J connectivity index is 1.75. The SMILES string of the molecule is CC[C@H](C)[C@@H]([C@H](O)CC(=O)N1CCC[C@H]1[C@H](OC)[C@@H](C)C(=O)N[C@@H](Cc1ccccc1)c1nccs1)N(C)C(=O)[C@@H](NC(=O)[C@H](C(C)C)N(C)C)C(C)C. The highest BCUT2D eigenvalue weighted by Gasteiger charge is 2.43. The summed E-state index contributed by atoms with van der Waals surface area (Å²) in [4.78, 5) is 65.0. The number of hydrogen-bond acceptors (Lipinski definition) is 9. The lowest BCUT2D eigenvalue weighted by Crippen LogP contribution is -2.59. The quantitative estimate of drug-likeness (QED) is 0.178. The monoisotopic (exact) mass is 770 g/mol. The maximum atomic E-state index is 14.1. The molecule has 2 aromatic rings. The van der Waals surface area contributed by atoms with Crippen LogP contribution < -0.4 is 10.6 Å². The van der Waals surface area contributed by atoms with Gasteiger partial charge in [0.25, 0.3) is 0 Å². The van der Waals surface area contributed by atoms with Gasteiger partial charge in [0, 0.05) is 32.3 Å². The number of nitrogens with zero attached hydrogens (tertiary/aromatic N) is 4. The van der Waals surface area contributed by atoms with Crippen LogP contribution in [0.2, 0.25) is 0 Å². The predicted octanol–water partition coefficient (Wildman–Crippen LogP) is 4.54. The molecule has 0 saturated carbocycles. The number of benzene rings is 1. The second-order valence-electron chi connectivity index (χ2n) is 15.9. The summed E-state index contributed by atoms with van der Waals surface area (Å²) in [5, 5.41) is 20.7. The van der Waals surface area contributed by atoms with Crippen LogP contribution in [0.15, 0.2) is 41.9 Å². The first-order valence-corrected chi connectivity index (χ1v) is 20.4. The Hall–Kier alpha value is -3.39. The predicted molar refractivity (Wildman–Crippen MR) is 214 cm³/mol. The van der Waals surface area contributed by atoms with Gasteiger partial charge in [0.2, 0.25) is 23.6 Å². The molecular weight excluding hydrogens is 705 g/mol. The van der Waals surface area contributed by atoms with Crippen molar-refractivity contribution in [2.75, 3.05) is 34.8 Å². The van der Waals surface area contributed by atoms with Crippen LogP contribution in [-0.4, -0.2) is 120 Å². The molecule has 1 aromatic carbocycles. The van der Waals surface area contributed by atoms with Crippen molar-refractivity contribution in [1.82, 2.24) is 30.3 Å². The van der Waals surface area contributed by atoms with E-state index in [1.54, 1.807) is 25.3 Å². The van der Waals surface area contributed by atoms with Crippen LogP contribution in [0.25, 0.3) is 0 Å². The third-order valence-electron chi connectivity index (χ3n) is 11.0. The number of likely N-dealkylation sites (N-methyl/N-ethyl adjacent to an activating group) is 2. The molecule has 0 bridgehead atoms. The third-order valence-corrected chi connectivity index (χ3v) is 11.9. The molecule has 1 aliphatic rings. The van der Waals surface area contributed by atoms with Gasteiger partial charge in [-0.3, -0.25) is 24.1 Å². The van der Waals surface area contributed by atoms with Gasteiger partial charge in [0.05, 0.1) is 48.7 Å². The Kier molecular flexibility index (Phi) is 17.5. The molecule has 0 aliphatic carbocycles. The number of aliphatic hydroxyl groups excluding tert-OH is 1. The minimum absolute atomic E-state index is 0.0333. The number of likely N-dealkylation sites (tertiary alicyclic amines) is 1. The van der Waals surface area contributed by atoms with Gasteiger partial charge < -0.3 is 30.3 Å². The van der Waals surface area contributed by atoms with Gasteiger partial charge in [-0.05, 0) is 56.7 Å². The van der Waals surface area contributed by atoms with E-state index in [-0.39, 0.29) is 59.9 Å². The van der Waals surface area contributed by atoms with Crippen molar-refractivity contribution in [3.8, 4) is 0 Å². The molecule has 3 N–H and O–H groups in total. The highest BCUT2D eigenvalue weighted by molar-refractivity contribution is 7.09. The van der Waals surface area contributed by atoms with E-state index in [4.69, 9.17) is 4.74 Å². The second kappa shape index (κ2) is 21.1. The number of aromatic nitrogens is 1. The van der Waals surface area contributed by atoms with E-state index < -0.39 is 36.3 Å². The van der Waals surface area contributed by atoms with E-state index in [1.165, 1.54) is 16.2 Å². The van der Waals surface area contributed by atoms with E-state index in [2.05, 4.69) is 15.6 Å². The minimum Gasteiger partial charge on any atom is -0.390 e. The van der Waals surface area contributed by atoms with Gasteiger partial charge >= 0.3 is 0 Å². The van der Waals surface area contributed by atoms with E-state index in [1.807, 2.05) is 103 Å². The van der Waals surface area contributed by atoms with Crippen LogP contribution in [0.5, 0.6) is 0 Å². The molecule has 1 aromatic heterocycles. The lowest BCUT2D eigenvalue weighted by molar-refractivity contribution is -0.147. The molecule has 4 amide bonds. The van der Waals surface area contributed by atoms with Gasteiger partial charge in [0.1, 0.15) is 11.0 Å². The number of aliphatic hydroxyl groups is 1. The summed E-state index contributed by atoms with van der Waals surface area (Å²) >= 11 is 1.49.